The van der Waals surface area contributed by atoms with E-state index in [-0.39, 0.29) is 12.7 Å². The number of phosphoric acid groups is 1. The highest BCUT2D eigenvalue weighted by molar-refractivity contribution is 7.45. The minimum absolute atomic E-state index is 0.241. The molecular formula is C16H34O4P-. The highest BCUT2D eigenvalue weighted by Gasteiger charge is 2.10. The molecule has 0 bridgehead atoms. The lowest BCUT2D eigenvalue weighted by Gasteiger charge is -2.24. The van der Waals surface area contributed by atoms with Crippen molar-refractivity contribution < 1.29 is 18.5 Å². The molecule has 0 aromatic heterocycles. The smallest absolute Gasteiger partial charge is 0.268 e. The van der Waals surface area contributed by atoms with E-state index < -0.39 is 7.82 Å². The van der Waals surface area contributed by atoms with E-state index in [9.17, 15) is 9.46 Å². The summed E-state index contributed by atoms with van der Waals surface area (Å²) in [6.45, 7) is 5.83. The topological polar surface area (TPSA) is 58.6 Å². The van der Waals surface area contributed by atoms with Crippen LogP contribution in [0.25, 0.3) is 0 Å². The maximum Gasteiger partial charge on any atom is 0.268 e. The van der Waals surface area contributed by atoms with E-state index in [1.54, 1.807) is 13.8 Å². The van der Waals surface area contributed by atoms with E-state index in [0.717, 1.165) is 19.3 Å². The van der Waals surface area contributed by atoms with E-state index in [0.29, 0.717) is 0 Å². The number of unbranched alkanes of at least 4 members (excludes halogenated alkanes) is 10. The fourth-order valence-electron chi connectivity index (χ4n) is 2.23. The molecule has 1 unspecified atom stereocenters. The van der Waals surface area contributed by atoms with E-state index in [2.05, 4.69) is 6.92 Å². The van der Waals surface area contributed by atoms with Gasteiger partial charge in [0.25, 0.3) is 7.82 Å². The Bertz CT molecular complexity index is 269. The molecule has 0 amide bonds. The van der Waals surface area contributed by atoms with Gasteiger partial charge in [-0.3, -0.25) is 4.57 Å². The second-order valence-corrected chi connectivity index (χ2v) is 7.33. The van der Waals surface area contributed by atoms with Crippen molar-refractivity contribution >= 4 is 7.82 Å². The summed E-state index contributed by atoms with van der Waals surface area (Å²) in [6, 6.07) is 0. The maximum absolute atomic E-state index is 11.3. The Labute approximate surface area is 131 Å². The Balaban J connectivity index is 3.24. The predicted molar refractivity (Wildman–Crippen MR) is 86.2 cm³/mol. The van der Waals surface area contributed by atoms with Crippen LogP contribution in [0.3, 0.4) is 0 Å². The molecule has 0 rings (SSSR count). The van der Waals surface area contributed by atoms with Crippen LogP contribution in [0, 0.1) is 0 Å². The maximum atomic E-state index is 11.3. The second kappa shape index (κ2) is 13.8. The molecule has 1 atom stereocenters. The normalized spacial score (nSPS) is 14.5. The number of rotatable bonds is 15. The predicted octanol–water partition coefficient (Wildman–Crippen LogP) is 5.21. The second-order valence-electron chi connectivity index (χ2n) is 5.97. The van der Waals surface area contributed by atoms with Gasteiger partial charge in [0.2, 0.25) is 0 Å². The van der Waals surface area contributed by atoms with Crippen LogP contribution in [-0.4, -0.2) is 12.7 Å². The average Bonchev–Trinajstić information content (AvgIpc) is 2.38. The van der Waals surface area contributed by atoms with Gasteiger partial charge in [0.15, 0.2) is 0 Å². The van der Waals surface area contributed by atoms with Gasteiger partial charge in [-0.05, 0) is 20.3 Å². The molecule has 128 valence electrons. The highest BCUT2D eigenvalue weighted by Crippen LogP contribution is 2.39. The first-order valence-electron chi connectivity index (χ1n) is 8.62. The van der Waals surface area contributed by atoms with Crippen LogP contribution in [-0.2, 0) is 13.6 Å². The van der Waals surface area contributed by atoms with E-state index in [1.165, 1.54) is 51.4 Å². The van der Waals surface area contributed by atoms with Crippen LogP contribution in [0.4, 0.5) is 0 Å². The molecule has 4 nitrogen and oxygen atoms in total. The van der Waals surface area contributed by atoms with Crippen molar-refractivity contribution in [3.8, 4) is 0 Å². The van der Waals surface area contributed by atoms with E-state index in [4.69, 9.17) is 9.05 Å². The monoisotopic (exact) mass is 321 g/mol. The molecular weight excluding hydrogens is 287 g/mol. The lowest BCUT2D eigenvalue weighted by atomic mass is 10.1. The fourth-order valence-corrected chi connectivity index (χ4v) is 3.16. The molecule has 0 radical (unpaired) electrons. The van der Waals surface area contributed by atoms with Gasteiger partial charge in [-0.25, -0.2) is 0 Å². The van der Waals surface area contributed by atoms with Gasteiger partial charge in [-0.1, -0.05) is 71.1 Å². The lowest BCUT2D eigenvalue weighted by Crippen LogP contribution is -2.13. The first-order chi connectivity index (χ1) is 9.98. The van der Waals surface area contributed by atoms with Crippen molar-refractivity contribution in [2.45, 2.75) is 97.5 Å². The first kappa shape index (κ1) is 21.1. The Morgan fingerprint density at radius 2 is 1.29 bits per heavy atom. The molecule has 0 aliphatic rings. The standard InChI is InChI=1S/C16H35O4P/c1-4-5-6-7-8-9-10-11-12-13-14-15-19-21(17,18)20-16(2)3/h16H,4-15H2,1-3H3,(H,17,18)/p-1. The molecule has 0 aliphatic carbocycles. The Morgan fingerprint density at radius 1 is 0.857 bits per heavy atom. The van der Waals surface area contributed by atoms with Gasteiger partial charge >= 0.3 is 0 Å². The third kappa shape index (κ3) is 16.3. The van der Waals surface area contributed by atoms with Crippen LogP contribution in [0.1, 0.15) is 91.4 Å². The molecule has 0 fully saturated rings. The number of hydrogen-bond donors (Lipinski definition) is 0. The van der Waals surface area contributed by atoms with Gasteiger partial charge in [0.1, 0.15) is 0 Å². The number of hydrogen-bond acceptors (Lipinski definition) is 4. The summed E-state index contributed by atoms with van der Waals surface area (Å²) in [5.41, 5.74) is 0. The summed E-state index contributed by atoms with van der Waals surface area (Å²) in [5, 5.41) is 0. The third-order valence-electron chi connectivity index (χ3n) is 3.34. The van der Waals surface area contributed by atoms with Crippen molar-refractivity contribution in [1.82, 2.24) is 0 Å². The quantitative estimate of drug-likeness (QED) is 0.307. The number of phosphoric ester groups is 1. The summed E-state index contributed by atoms with van der Waals surface area (Å²) in [5.74, 6) is 0. The summed E-state index contributed by atoms with van der Waals surface area (Å²) in [4.78, 5) is 11.3. The van der Waals surface area contributed by atoms with Crippen LogP contribution >= 0.6 is 7.82 Å². The molecule has 0 saturated carbocycles. The Hall–Kier alpha value is 0.110. The summed E-state index contributed by atoms with van der Waals surface area (Å²) >= 11 is 0. The molecule has 0 N–H and O–H groups in total. The molecule has 0 aromatic rings. The summed E-state index contributed by atoms with van der Waals surface area (Å²) in [7, 11) is -4.08. The molecule has 0 aromatic carbocycles. The molecule has 0 aliphatic heterocycles. The zero-order valence-electron chi connectivity index (χ0n) is 14.1. The fraction of sp³-hybridized carbons (Fsp3) is 1.00. The van der Waals surface area contributed by atoms with Crippen molar-refractivity contribution in [1.29, 1.82) is 0 Å². The van der Waals surface area contributed by atoms with Gasteiger partial charge in [0.05, 0.1) is 12.7 Å². The summed E-state index contributed by atoms with van der Waals surface area (Å²) < 4.78 is 20.8. The van der Waals surface area contributed by atoms with Gasteiger partial charge in [0, 0.05) is 0 Å². The van der Waals surface area contributed by atoms with Crippen LogP contribution in [0.2, 0.25) is 0 Å². The molecule has 0 heterocycles. The van der Waals surface area contributed by atoms with Crippen molar-refractivity contribution in [2.75, 3.05) is 6.61 Å². The molecule has 21 heavy (non-hydrogen) atoms. The van der Waals surface area contributed by atoms with Crippen molar-refractivity contribution in [3.05, 3.63) is 0 Å². The van der Waals surface area contributed by atoms with Crippen LogP contribution in [0.15, 0.2) is 0 Å². The minimum atomic E-state index is -4.08. The minimum Gasteiger partial charge on any atom is -0.756 e. The van der Waals surface area contributed by atoms with Crippen molar-refractivity contribution in [2.24, 2.45) is 0 Å². The van der Waals surface area contributed by atoms with Crippen LogP contribution in [0.5, 0.6) is 0 Å². The van der Waals surface area contributed by atoms with Crippen molar-refractivity contribution in [3.63, 3.8) is 0 Å². The zero-order chi connectivity index (χ0) is 16.0. The largest absolute Gasteiger partial charge is 0.756 e. The van der Waals surface area contributed by atoms with Crippen LogP contribution < -0.4 is 4.89 Å². The third-order valence-corrected chi connectivity index (χ3v) is 4.52. The summed E-state index contributed by atoms with van der Waals surface area (Å²) in [6.07, 6.45) is 13.3. The molecule has 0 saturated heterocycles. The lowest BCUT2D eigenvalue weighted by molar-refractivity contribution is -0.228. The molecule has 0 spiro atoms. The Morgan fingerprint density at radius 3 is 1.71 bits per heavy atom. The highest BCUT2D eigenvalue weighted by atomic mass is 31.2. The van der Waals surface area contributed by atoms with Gasteiger partial charge in [-0.15, -0.1) is 0 Å². The Kier molecular flexibility index (Phi) is 13.8. The SMILES string of the molecule is CCCCCCCCCCCCCOP(=O)([O-])OC(C)C. The zero-order valence-corrected chi connectivity index (χ0v) is 15.0. The van der Waals surface area contributed by atoms with E-state index in [1.807, 2.05) is 0 Å². The molecule has 5 heteroatoms. The van der Waals surface area contributed by atoms with Gasteiger partial charge in [-0.2, -0.15) is 0 Å². The average molecular weight is 321 g/mol. The van der Waals surface area contributed by atoms with Gasteiger partial charge < -0.3 is 13.9 Å². The first-order valence-corrected chi connectivity index (χ1v) is 10.1. The van der Waals surface area contributed by atoms with E-state index >= 15 is 0 Å².